The third kappa shape index (κ3) is 5.41. The van der Waals surface area contributed by atoms with Gasteiger partial charge in [-0.05, 0) is 68.9 Å². The van der Waals surface area contributed by atoms with Crippen molar-refractivity contribution in [2.24, 2.45) is 0 Å². The Morgan fingerprint density at radius 1 is 0.952 bits per heavy atom. The summed E-state index contributed by atoms with van der Waals surface area (Å²) in [5.41, 5.74) is 2.49. The van der Waals surface area contributed by atoms with E-state index < -0.39 is 0 Å². The van der Waals surface area contributed by atoms with E-state index in [0.29, 0.717) is 0 Å². The van der Waals surface area contributed by atoms with E-state index in [1.807, 2.05) is 6.07 Å². The fourth-order valence-corrected chi connectivity index (χ4v) is 2.97. The van der Waals surface area contributed by atoms with Crippen molar-refractivity contribution in [3.8, 4) is 0 Å². The van der Waals surface area contributed by atoms with Gasteiger partial charge in [0.1, 0.15) is 0 Å². The van der Waals surface area contributed by atoms with Crippen LogP contribution >= 0.6 is 11.8 Å². The molecule has 0 aliphatic carbocycles. The number of nitrogens with zero attached hydrogens (tertiary/aromatic N) is 1. The summed E-state index contributed by atoms with van der Waals surface area (Å²) in [7, 11) is 4.22. The van der Waals surface area contributed by atoms with E-state index in [2.05, 4.69) is 74.1 Å². The molecule has 0 N–H and O–H groups in total. The summed E-state index contributed by atoms with van der Waals surface area (Å²) in [6.07, 6.45) is 2.22. The molecule has 0 saturated carbocycles. The van der Waals surface area contributed by atoms with Crippen molar-refractivity contribution >= 4 is 17.3 Å². The molecular formula is C19H23NS. The van der Waals surface area contributed by atoms with Crippen molar-refractivity contribution in [1.82, 2.24) is 4.90 Å². The van der Waals surface area contributed by atoms with Crippen LogP contribution in [-0.4, -0.2) is 25.5 Å². The normalized spacial score (nSPS) is 10.8. The SMILES string of the molecule is C=C(CCCN(C)C)c1ccc(Sc2ccccc2)cc1. The molecule has 0 bridgehead atoms. The van der Waals surface area contributed by atoms with Crippen LogP contribution in [0.1, 0.15) is 18.4 Å². The summed E-state index contributed by atoms with van der Waals surface area (Å²) in [5, 5.41) is 0. The maximum atomic E-state index is 4.21. The molecule has 2 aromatic rings. The summed E-state index contributed by atoms with van der Waals surface area (Å²) in [4.78, 5) is 4.76. The quantitative estimate of drug-likeness (QED) is 0.691. The molecule has 110 valence electrons. The molecular weight excluding hydrogens is 274 g/mol. The van der Waals surface area contributed by atoms with Gasteiger partial charge in [-0.2, -0.15) is 0 Å². The van der Waals surface area contributed by atoms with Gasteiger partial charge in [0.25, 0.3) is 0 Å². The molecule has 0 aromatic heterocycles. The van der Waals surface area contributed by atoms with Gasteiger partial charge < -0.3 is 4.90 Å². The molecule has 1 nitrogen and oxygen atoms in total. The highest BCUT2D eigenvalue weighted by Gasteiger charge is 2.01. The average Bonchev–Trinajstić information content (AvgIpc) is 2.48. The van der Waals surface area contributed by atoms with Gasteiger partial charge in [-0.3, -0.25) is 0 Å². The zero-order chi connectivity index (χ0) is 15.1. The smallest absolute Gasteiger partial charge is 0.0122 e. The van der Waals surface area contributed by atoms with Gasteiger partial charge >= 0.3 is 0 Å². The zero-order valence-corrected chi connectivity index (χ0v) is 13.7. The second kappa shape index (κ2) is 8.06. The second-order valence-corrected chi connectivity index (χ2v) is 6.60. The Bertz CT molecular complexity index is 558. The van der Waals surface area contributed by atoms with Crippen LogP contribution in [-0.2, 0) is 0 Å². The van der Waals surface area contributed by atoms with E-state index in [1.165, 1.54) is 20.9 Å². The first-order valence-electron chi connectivity index (χ1n) is 7.31. The largest absolute Gasteiger partial charge is 0.309 e. The highest BCUT2D eigenvalue weighted by atomic mass is 32.2. The Morgan fingerprint density at radius 3 is 2.19 bits per heavy atom. The maximum absolute atomic E-state index is 4.21. The third-order valence-electron chi connectivity index (χ3n) is 3.33. The molecule has 0 amide bonds. The van der Waals surface area contributed by atoms with Crippen LogP contribution in [0.5, 0.6) is 0 Å². The molecule has 0 saturated heterocycles. The summed E-state index contributed by atoms with van der Waals surface area (Å²) in [6.45, 7) is 5.32. The van der Waals surface area contributed by atoms with Crippen LogP contribution in [0.25, 0.3) is 5.57 Å². The van der Waals surface area contributed by atoms with Crippen LogP contribution in [0, 0.1) is 0 Å². The summed E-state index contributed by atoms with van der Waals surface area (Å²) < 4.78 is 0. The first-order chi connectivity index (χ1) is 10.1. The van der Waals surface area contributed by atoms with Crippen LogP contribution in [0.3, 0.4) is 0 Å². The Balaban J connectivity index is 1.91. The molecule has 0 heterocycles. The third-order valence-corrected chi connectivity index (χ3v) is 4.34. The van der Waals surface area contributed by atoms with E-state index in [9.17, 15) is 0 Å². The van der Waals surface area contributed by atoms with Crippen molar-refractivity contribution in [3.63, 3.8) is 0 Å². The molecule has 0 unspecified atom stereocenters. The molecule has 2 aromatic carbocycles. The topological polar surface area (TPSA) is 3.24 Å². The van der Waals surface area contributed by atoms with Gasteiger partial charge in [0.2, 0.25) is 0 Å². The Hall–Kier alpha value is -1.51. The number of benzene rings is 2. The Morgan fingerprint density at radius 2 is 1.57 bits per heavy atom. The predicted octanol–water partition coefficient (Wildman–Crippen LogP) is 5.19. The maximum Gasteiger partial charge on any atom is 0.0122 e. The molecule has 2 heteroatoms. The van der Waals surface area contributed by atoms with Gasteiger partial charge in [0.05, 0.1) is 0 Å². The van der Waals surface area contributed by atoms with Crippen molar-refractivity contribution in [2.45, 2.75) is 22.6 Å². The Kier molecular flexibility index (Phi) is 6.09. The van der Waals surface area contributed by atoms with E-state index in [1.54, 1.807) is 11.8 Å². The molecule has 21 heavy (non-hydrogen) atoms. The first-order valence-corrected chi connectivity index (χ1v) is 8.12. The first kappa shape index (κ1) is 15.9. The van der Waals surface area contributed by atoms with Crippen molar-refractivity contribution < 1.29 is 0 Å². The highest BCUT2D eigenvalue weighted by molar-refractivity contribution is 7.99. The number of hydrogen-bond acceptors (Lipinski definition) is 2. The summed E-state index contributed by atoms with van der Waals surface area (Å²) in [5.74, 6) is 0. The van der Waals surface area contributed by atoms with Crippen molar-refractivity contribution in [3.05, 3.63) is 66.7 Å². The van der Waals surface area contributed by atoms with Gasteiger partial charge in [0, 0.05) is 9.79 Å². The number of allylic oxidation sites excluding steroid dienone is 1. The van der Waals surface area contributed by atoms with Crippen molar-refractivity contribution in [2.75, 3.05) is 20.6 Å². The highest BCUT2D eigenvalue weighted by Crippen LogP contribution is 2.28. The lowest BCUT2D eigenvalue weighted by atomic mass is 10.0. The molecule has 0 fully saturated rings. The number of hydrogen-bond donors (Lipinski definition) is 0. The fraction of sp³-hybridized carbons (Fsp3) is 0.263. The van der Waals surface area contributed by atoms with Crippen LogP contribution in [0.15, 0.2) is 71.0 Å². The fourth-order valence-electron chi connectivity index (χ4n) is 2.14. The monoisotopic (exact) mass is 297 g/mol. The summed E-state index contributed by atoms with van der Waals surface area (Å²) in [6, 6.07) is 19.2. The van der Waals surface area contributed by atoms with Gasteiger partial charge in [-0.1, -0.05) is 48.7 Å². The standard InChI is InChI=1S/C19H23NS/c1-16(8-7-15-20(2)3)17-11-13-19(14-12-17)21-18-9-5-4-6-10-18/h4-6,9-14H,1,7-8,15H2,2-3H3. The molecule has 0 spiro atoms. The van der Waals surface area contributed by atoms with Crippen LogP contribution < -0.4 is 0 Å². The minimum Gasteiger partial charge on any atom is -0.309 e. The Labute approximate surface area is 132 Å². The minimum absolute atomic E-state index is 1.06. The molecule has 0 aliphatic rings. The number of rotatable bonds is 7. The molecule has 0 aliphatic heterocycles. The summed E-state index contributed by atoms with van der Waals surface area (Å²) >= 11 is 1.79. The van der Waals surface area contributed by atoms with E-state index in [0.717, 1.165) is 19.4 Å². The van der Waals surface area contributed by atoms with Crippen LogP contribution in [0.4, 0.5) is 0 Å². The van der Waals surface area contributed by atoms with Crippen LogP contribution in [0.2, 0.25) is 0 Å². The van der Waals surface area contributed by atoms with Crippen molar-refractivity contribution in [1.29, 1.82) is 0 Å². The minimum atomic E-state index is 1.06. The molecule has 0 atom stereocenters. The lowest BCUT2D eigenvalue weighted by molar-refractivity contribution is 0.403. The van der Waals surface area contributed by atoms with E-state index >= 15 is 0 Å². The average molecular weight is 297 g/mol. The van der Waals surface area contributed by atoms with E-state index in [4.69, 9.17) is 0 Å². The predicted molar refractivity (Wildman–Crippen MR) is 93.8 cm³/mol. The lowest BCUT2D eigenvalue weighted by Crippen LogP contribution is -2.12. The van der Waals surface area contributed by atoms with Gasteiger partial charge in [-0.25, -0.2) is 0 Å². The van der Waals surface area contributed by atoms with Gasteiger partial charge in [-0.15, -0.1) is 0 Å². The molecule has 0 radical (unpaired) electrons. The molecule has 2 rings (SSSR count). The second-order valence-electron chi connectivity index (χ2n) is 5.45. The van der Waals surface area contributed by atoms with Gasteiger partial charge in [0.15, 0.2) is 0 Å². The lowest BCUT2D eigenvalue weighted by Gasteiger charge is -2.11. The zero-order valence-electron chi connectivity index (χ0n) is 12.9. The van der Waals surface area contributed by atoms with E-state index in [-0.39, 0.29) is 0 Å².